The summed E-state index contributed by atoms with van der Waals surface area (Å²) in [6.07, 6.45) is 4.75. The second-order valence-electron chi connectivity index (χ2n) is 6.66. The second-order valence-corrected chi connectivity index (χ2v) is 8.37. The molecule has 8 heteroatoms. The molecular weight excluding hydrogens is 344 g/mol. The summed E-state index contributed by atoms with van der Waals surface area (Å²) in [6.45, 7) is 1.71. The van der Waals surface area contributed by atoms with E-state index in [1.807, 2.05) is 0 Å². The zero-order chi connectivity index (χ0) is 18.1. The summed E-state index contributed by atoms with van der Waals surface area (Å²) in [7, 11) is -3.64. The van der Waals surface area contributed by atoms with Crippen LogP contribution in [0.2, 0.25) is 0 Å². The summed E-state index contributed by atoms with van der Waals surface area (Å²) in [5, 5.41) is 9.25. The number of rotatable bonds is 5. The Morgan fingerprint density at radius 3 is 2.44 bits per heavy atom. The molecule has 0 aliphatic heterocycles. The number of aliphatic carboxylic acids is 1. The predicted octanol–water partition coefficient (Wildman–Crippen LogP) is 2.65. The third kappa shape index (κ3) is 3.74. The SMILES string of the molecule is CC1(C(=O)O)CCC(NS(=O)(=O)c2ccc(-c3cocn3)cc2)CC1. The van der Waals surface area contributed by atoms with Gasteiger partial charge in [0.15, 0.2) is 6.39 Å². The van der Waals surface area contributed by atoms with Crippen molar-refractivity contribution in [3.05, 3.63) is 36.9 Å². The van der Waals surface area contributed by atoms with Crippen molar-refractivity contribution in [1.82, 2.24) is 9.71 Å². The van der Waals surface area contributed by atoms with Crippen LogP contribution in [0.3, 0.4) is 0 Å². The molecule has 0 spiro atoms. The molecule has 0 saturated heterocycles. The Kier molecular flexibility index (Phi) is 4.66. The maximum Gasteiger partial charge on any atom is 0.309 e. The number of oxazole rings is 1. The Morgan fingerprint density at radius 2 is 1.92 bits per heavy atom. The van der Waals surface area contributed by atoms with E-state index in [4.69, 9.17) is 4.42 Å². The topological polar surface area (TPSA) is 110 Å². The van der Waals surface area contributed by atoms with Gasteiger partial charge < -0.3 is 9.52 Å². The van der Waals surface area contributed by atoms with Crippen LogP contribution < -0.4 is 4.72 Å². The molecule has 0 amide bonds. The Bertz CT molecular complexity index is 836. The molecule has 0 radical (unpaired) electrons. The van der Waals surface area contributed by atoms with Crippen LogP contribution in [0.5, 0.6) is 0 Å². The molecule has 0 unspecified atom stereocenters. The quantitative estimate of drug-likeness (QED) is 0.844. The van der Waals surface area contributed by atoms with Gasteiger partial charge in [-0.2, -0.15) is 0 Å². The number of carboxylic acid groups (broad SMARTS) is 1. The van der Waals surface area contributed by atoms with Gasteiger partial charge in [0, 0.05) is 11.6 Å². The van der Waals surface area contributed by atoms with Crippen molar-refractivity contribution in [2.45, 2.75) is 43.5 Å². The van der Waals surface area contributed by atoms with E-state index >= 15 is 0 Å². The van der Waals surface area contributed by atoms with Gasteiger partial charge in [-0.05, 0) is 44.7 Å². The minimum Gasteiger partial charge on any atom is -0.481 e. The molecule has 2 aromatic rings. The molecule has 1 aliphatic carbocycles. The average Bonchev–Trinajstić information content (AvgIpc) is 3.11. The van der Waals surface area contributed by atoms with Gasteiger partial charge in [0.05, 0.1) is 10.3 Å². The largest absolute Gasteiger partial charge is 0.481 e. The highest BCUT2D eigenvalue weighted by atomic mass is 32.2. The first-order valence-corrected chi connectivity index (χ1v) is 9.53. The minimum atomic E-state index is -3.64. The van der Waals surface area contributed by atoms with E-state index in [9.17, 15) is 18.3 Å². The van der Waals surface area contributed by atoms with Crippen molar-refractivity contribution in [3.8, 4) is 11.3 Å². The van der Waals surface area contributed by atoms with Gasteiger partial charge in [0.25, 0.3) is 0 Å². The van der Waals surface area contributed by atoms with Crippen molar-refractivity contribution in [2.24, 2.45) is 5.41 Å². The molecule has 3 rings (SSSR count). The minimum absolute atomic E-state index is 0.173. The van der Waals surface area contributed by atoms with Crippen molar-refractivity contribution >= 4 is 16.0 Å². The summed E-state index contributed by atoms with van der Waals surface area (Å²) in [4.78, 5) is 15.5. The van der Waals surface area contributed by atoms with E-state index in [2.05, 4.69) is 9.71 Å². The lowest BCUT2D eigenvalue weighted by atomic mass is 9.74. The van der Waals surface area contributed by atoms with Crippen molar-refractivity contribution in [3.63, 3.8) is 0 Å². The highest BCUT2D eigenvalue weighted by Gasteiger charge is 2.38. The summed E-state index contributed by atoms with van der Waals surface area (Å²) in [5.74, 6) is -0.822. The average molecular weight is 364 g/mol. The summed E-state index contributed by atoms with van der Waals surface area (Å²) in [5.41, 5.74) is 0.640. The van der Waals surface area contributed by atoms with E-state index < -0.39 is 21.4 Å². The van der Waals surface area contributed by atoms with Gasteiger partial charge >= 0.3 is 5.97 Å². The number of sulfonamides is 1. The van der Waals surface area contributed by atoms with E-state index in [-0.39, 0.29) is 10.9 Å². The third-order valence-corrected chi connectivity index (χ3v) is 6.36. The molecule has 2 N–H and O–H groups in total. The van der Waals surface area contributed by atoms with Crippen molar-refractivity contribution in [1.29, 1.82) is 0 Å². The first-order valence-electron chi connectivity index (χ1n) is 8.04. The lowest BCUT2D eigenvalue weighted by Gasteiger charge is -2.34. The van der Waals surface area contributed by atoms with Gasteiger partial charge in [0.1, 0.15) is 12.0 Å². The number of aromatic nitrogens is 1. The Balaban J connectivity index is 1.67. The highest BCUT2D eigenvalue weighted by Crippen LogP contribution is 2.36. The van der Waals surface area contributed by atoms with Crippen LogP contribution in [-0.4, -0.2) is 30.5 Å². The molecule has 1 aromatic heterocycles. The monoisotopic (exact) mass is 364 g/mol. The fourth-order valence-electron chi connectivity index (χ4n) is 3.03. The van der Waals surface area contributed by atoms with Crippen LogP contribution in [0.4, 0.5) is 0 Å². The Morgan fingerprint density at radius 1 is 1.28 bits per heavy atom. The third-order valence-electron chi connectivity index (χ3n) is 4.82. The van der Waals surface area contributed by atoms with E-state index in [0.717, 1.165) is 5.56 Å². The molecule has 1 heterocycles. The molecule has 1 saturated carbocycles. The number of nitrogens with one attached hydrogen (secondary N) is 1. The van der Waals surface area contributed by atoms with E-state index in [1.54, 1.807) is 19.1 Å². The molecule has 25 heavy (non-hydrogen) atoms. The summed E-state index contributed by atoms with van der Waals surface area (Å²) < 4.78 is 32.7. The second kappa shape index (κ2) is 6.61. The molecule has 0 atom stereocenters. The van der Waals surface area contributed by atoms with E-state index in [1.165, 1.54) is 24.8 Å². The van der Waals surface area contributed by atoms with E-state index in [0.29, 0.717) is 31.4 Å². The number of nitrogens with zero attached hydrogens (tertiary/aromatic N) is 1. The first kappa shape index (κ1) is 17.6. The molecule has 7 nitrogen and oxygen atoms in total. The van der Waals surface area contributed by atoms with Gasteiger partial charge in [-0.1, -0.05) is 12.1 Å². The molecule has 1 aromatic carbocycles. The zero-order valence-electron chi connectivity index (χ0n) is 13.8. The smallest absolute Gasteiger partial charge is 0.309 e. The summed E-state index contributed by atoms with van der Waals surface area (Å²) >= 11 is 0. The van der Waals surface area contributed by atoms with Gasteiger partial charge in [-0.15, -0.1) is 0 Å². The van der Waals surface area contributed by atoms with Gasteiger partial charge in [0.2, 0.25) is 10.0 Å². The normalized spacial score (nSPS) is 24.1. The summed E-state index contributed by atoms with van der Waals surface area (Å²) in [6, 6.07) is 6.16. The van der Waals surface area contributed by atoms with Gasteiger partial charge in [-0.25, -0.2) is 18.1 Å². The van der Waals surface area contributed by atoms with Gasteiger partial charge in [-0.3, -0.25) is 4.79 Å². The lowest BCUT2D eigenvalue weighted by Crippen LogP contribution is -2.42. The molecule has 1 fully saturated rings. The van der Waals surface area contributed by atoms with Crippen LogP contribution in [0, 0.1) is 5.41 Å². The predicted molar refractivity (Wildman–Crippen MR) is 90.3 cm³/mol. The number of carboxylic acids is 1. The number of benzene rings is 1. The molecule has 0 bridgehead atoms. The van der Waals surface area contributed by atoms with Crippen molar-refractivity contribution in [2.75, 3.05) is 0 Å². The fourth-order valence-corrected chi connectivity index (χ4v) is 4.34. The molecular formula is C17H20N2O5S. The maximum absolute atomic E-state index is 12.5. The van der Waals surface area contributed by atoms with Crippen LogP contribution in [0.1, 0.15) is 32.6 Å². The van der Waals surface area contributed by atoms with Crippen LogP contribution in [-0.2, 0) is 14.8 Å². The Labute approximate surface area is 146 Å². The van der Waals surface area contributed by atoms with Crippen LogP contribution in [0.15, 0.2) is 46.2 Å². The molecule has 134 valence electrons. The highest BCUT2D eigenvalue weighted by molar-refractivity contribution is 7.89. The lowest BCUT2D eigenvalue weighted by molar-refractivity contribution is -0.149. The number of hydrogen-bond donors (Lipinski definition) is 2. The maximum atomic E-state index is 12.5. The fraction of sp³-hybridized carbons (Fsp3) is 0.412. The number of carbonyl (C=O) groups is 1. The zero-order valence-corrected chi connectivity index (χ0v) is 14.6. The molecule has 1 aliphatic rings. The van der Waals surface area contributed by atoms with Crippen LogP contribution >= 0.6 is 0 Å². The number of hydrogen-bond acceptors (Lipinski definition) is 5. The Hall–Kier alpha value is -2.19. The standard InChI is InChI=1S/C17H20N2O5S/c1-17(16(20)21)8-6-13(7-9-17)19-25(22,23)14-4-2-12(3-5-14)15-10-24-11-18-15/h2-5,10-11,13,19H,6-9H2,1H3,(H,20,21). The first-order chi connectivity index (χ1) is 11.8. The van der Waals surface area contributed by atoms with Crippen LogP contribution in [0.25, 0.3) is 11.3 Å². The van der Waals surface area contributed by atoms with Crippen molar-refractivity contribution < 1.29 is 22.7 Å².